The molecule has 0 aromatic heterocycles. The van der Waals surface area contributed by atoms with Crippen molar-refractivity contribution in [3.8, 4) is 0 Å². The van der Waals surface area contributed by atoms with Gasteiger partial charge in [0.2, 0.25) is 0 Å². The Morgan fingerprint density at radius 3 is 2.25 bits per heavy atom. The molecule has 1 unspecified atom stereocenters. The highest BCUT2D eigenvalue weighted by Gasteiger charge is 2.12. The summed E-state index contributed by atoms with van der Waals surface area (Å²) >= 11 is 0. The summed E-state index contributed by atoms with van der Waals surface area (Å²) in [6.45, 7) is 2.90. The smallest absolute Gasteiger partial charge is 0.139 e. The second-order valence-corrected chi connectivity index (χ2v) is 2.95. The number of carbonyl (C=O) groups excluding carboxylic acids is 3. The molecule has 0 aliphatic heterocycles. The first-order valence-electron chi connectivity index (χ1n) is 4.03. The van der Waals surface area contributed by atoms with Crippen LogP contribution in [0.25, 0.3) is 0 Å². The molecule has 0 rings (SSSR count). The summed E-state index contributed by atoms with van der Waals surface area (Å²) in [5.74, 6) is -0.527. The number of Topliss-reactive ketones (excluding diaryl/α,β-unsaturated/α-hetero) is 2. The molecular weight excluding hydrogens is 156 g/mol. The predicted octanol–water partition coefficient (Wildman–Crippen LogP) is 1.15. The lowest BCUT2D eigenvalue weighted by Gasteiger charge is -2.03. The maximum atomic E-state index is 10.7. The van der Waals surface area contributed by atoms with E-state index in [1.807, 2.05) is 0 Å². The number of carbonyl (C=O) groups is 3. The highest BCUT2D eigenvalue weighted by atomic mass is 16.1. The van der Waals surface area contributed by atoms with Gasteiger partial charge in [-0.25, -0.2) is 0 Å². The number of hydrogen-bond donors (Lipinski definition) is 0. The molecule has 1 atom stereocenters. The second kappa shape index (κ2) is 5.63. The van der Waals surface area contributed by atoms with Crippen LogP contribution >= 0.6 is 0 Å². The van der Waals surface area contributed by atoms with E-state index in [-0.39, 0.29) is 11.6 Å². The largest absolute Gasteiger partial charge is 0.303 e. The Labute approximate surface area is 72.1 Å². The van der Waals surface area contributed by atoms with Crippen LogP contribution < -0.4 is 0 Å². The van der Waals surface area contributed by atoms with Crippen molar-refractivity contribution in [3.05, 3.63) is 0 Å². The Morgan fingerprint density at radius 2 is 1.92 bits per heavy atom. The Morgan fingerprint density at radius 1 is 1.33 bits per heavy atom. The molecule has 12 heavy (non-hydrogen) atoms. The lowest BCUT2D eigenvalue weighted by atomic mass is 9.99. The van der Waals surface area contributed by atoms with E-state index in [4.69, 9.17) is 0 Å². The van der Waals surface area contributed by atoms with Crippen LogP contribution in [0.3, 0.4) is 0 Å². The van der Waals surface area contributed by atoms with E-state index in [1.165, 1.54) is 13.8 Å². The fraction of sp³-hybridized carbons (Fsp3) is 0.667. The summed E-state index contributed by atoms with van der Waals surface area (Å²) in [6.07, 6.45) is 2.23. The van der Waals surface area contributed by atoms with Gasteiger partial charge in [-0.05, 0) is 26.7 Å². The Balaban J connectivity index is 3.66. The third kappa shape index (κ3) is 4.77. The van der Waals surface area contributed by atoms with Crippen molar-refractivity contribution in [3.63, 3.8) is 0 Å². The van der Waals surface area contributed by atoms with Gasteiger partial charge in [-0.3, -0.25) is 4.79 Å². The fourth-order valence-corrected chi connectivity index (χ4v) is 0.938. The van der Waals surface area contributed by atoms with Gasteiger partial charge in [0.15, 0.2) is 0 Å². The molecule has 0 heterocycles. The van der Waals surface area contributed by atoms with Gasteiger partial charge in [-0.15, -0.1) is 0 Å². The highest BCUT2D eigenvalue weighted by Crippen LogP contribution is 2.07. The topological polar surface area (TPSA) is 51.2 Å². The van der Waals surface area contributed by atoms with Crippen molar-refractivity contribution < 1.29 is 14.4 Å². The van der Waals surface area contributed by atoms with E-state index in [1.54, 1.807) is 0 Å². The maximum Gasteiger partial charge on any atom is 0.139 e. The van der Waals surface area contributed by atoms with Crippen molar-refractivity contribution in [1.29, 1.82) is 0 Å². The van der Waals surface area contributed by atoms with Crippen LogP contribution in [-0.2, 0) is 14.4 Å². The van der Waals surface area contributed by atoms with Crippen LogP contribution in [0, 0.1) is 5.92 Å². The lowest BCUT2D eigenvalue weighted by Crippen LogP contribution is -2.12. The van der Waals surface area contributed by atoms with Crippen molar-refractivity contribution in [2.75, 3.05) is 0 Å². The third-order valence-corrected chi connectivity index (χ3v) is 1.73. The molecule has 0 aliphatic rings. The van der Waals surface area contributed by atoms with Crippen LogP contribution in [-0.4, -0.2) is 17.9 Å². The second-order valence-electron chi connectivity index (χ2n) is 2.95. The zero-order valence-corrected chi connectivity index (χ0v) is 7.50. The van der Waals surface area contributed by atoms with Crippen molar-refractivity contribution in [1.82, 2.24) is 0 Å². The van der Waals surface area contributed by atoms with Crippen LogP contribution in [0.5, 0.6) is 0 Å². The maximum absolute atomic E-state index is 10.7. The average molecular weight is 170 g/mol. The summed E-state index contributed by atoms with van der Waals surface area (Å²) in [7, 11) is 0. The molecule has 0 saturated heterocycles. The minimum Gasteiger partial charge on any atom is -0.303 e. The number of hydrogen-bond acceptors (Lipinski definition) is 3. The normalized spacial score (nSPS) is 12.2. The van der Waals surface area contributed by atoms with Crippen LogP contribution in [0.4, 0.5) is 0 Å². The standard InChI is InChI=1S/C9H14O3/c1-7(11)4-3-5-9(6-10)8(2)12/h6,9H,3-5H2,1-2H3. The molecule has 3 heteroatoms. The summed E-state index contributed by atoms with van der Waals surface area (Å²) in [5, 5.41) is 0. The van der Waals surface area contributed by atoms with E-state index in [2.05, 4.69) is 0 Å². The predicted molar refractivity (Wildman–Crippen MR) is 44.8 cm³/mol. The molecule has 0 bridgehead atoms. The van der Waals surface area contributed by atoms with Gasteiger partial charge in [-0.1, -0.05) is 0 Å². The Kier molecular flexibility index (Phi) is 5.17. The lowest BCUT2D eigenvalue weighted by molar-refractivity contribution is -0.126. The third-order valence-electron chi connectivity index (χ3n) is 1.73. The quantitative estimate of drug-likeness (QED) is 0.444. The summed E-state index contributed by atoms with van der Waals surface area (Å²) < 4.78 is 0. The highest BCUT2D eigenvalue weighted by molar-refractivity contribution is 5.91. The molecule has 68 valence electrons. The fourth-order valence-electron chi connectivity index (χ4n) is 0.938. The molecule has 0 aromatic carbocycles. The van der Waals surface area contributed by atoms with Crippen LogP contribution in [0.1, 0.15) is 33.1 Å². The molecule has 0 amide bonds. The number of rotatable bonds is 6. The van der Waals surface area contributed by atoms with E-state index < -0.39 is 5.92 Å². The Bertz CT molecular complexity index is 184. The SMILES string of the molecule is CC(=O)CCCC(C=O)C(C)=O. The first-order chi connectivity index (χ1) is 5.57. The minimum absolute atomic E-state index is 0.100. The van der Waals surface area contributed by atoms with Gasteiger partial charge in [0.1, 0.15) is 17.9 Å². The van der Waals surface area contributed by atoms with E-state index in [0.29, 0.717) is 25.5 Å². The van der Waals surface area contributed by atoms with Gasteiger partial charge in [0.05, 0.1) is 5.92 Å². The van der Waals surface area contributed by atoms with Gasteiger partial charge >= 0.3 is 0 Å². The first-order valence-corrected chi connectivity index (χ1v) is 4.03. The Hall–Kier alpha value is -0.990. The summed E-state index contributed by atoms with van der Waals surface area (Å²) in [5.41, 5.74) is 0. The van der Waals surface area contributed by atoms with Crippen molar-refractivity contribution >= 4 is 17.9 Å². The van der Waals surface area contributed by atoms with Crippen LogP contribution in [0.15, 0.2) is 0 Å². The van der Waals surface area contributed by atoms with Gasteiger partial charge in [-0.2, -0.15) is 0 Å². The molecule has 0 saturated carbocycles. The first kappa shape index (κ1) is 11.0. The molecule has 0 aliphatic carbocycles. The van der Waals surface area contributed by atoms with E-state index in [0.717, 1.165) is 0 Å². The molecule has 0 aromatic rings. The minimum atomic E-state index is -0.510. The van der Waals surface area contributed by atoms with Gasteiger partial charge in [0.25, 0.3) is 0 Å². The molecule has 0 fully saturated rings. The average Bonchev–Trinajstić information content (AvgIpc) is 1.96. The molecule has 3 nitrogen and oxygen atoms in total. The molecule has 0 spiro atoms. The van der Waals surface area contributed by atoms with E-state index in [9.17, 15) is 14.4 Å². The monoisotopic (exact) mass is 170 g/mol. The zero-order chi connectivity index (χ0) is 9.56. The van der Waals surface area contributed by atoms with Gasteiger partial charge < -0.3 is 9.59 Å². The van der Waals surface area contributed by atoms with Gasteiger partial charge in [0, 0.05) is 6.42 Å². The van der Waals surface area contributed by atoms with Crippen LogP contribution in [0.2, 0.25) is 0 Å². The summed E-state index contributed by atoms with van der Waals surface area (Å²) in [6, 6.07) is 0. The van der Waals surface area contributed by atoms with E-state index >= 15 is 0 Å². The van der Waals surface area contributed by atoms with Crippen molar-refractivity contribution in [2.24, 2.45) is 5.92 Å². The molecule has 0 N–H and O–H groups in total. The number of ketones is 2. The molecule has 0 radical (unpaired) electrons. The molecular formula is C9H14O3. The zero-order valence-electron chi connectivity index (χ0n) is 7.50. The number of aldehydes is 1. The summed E-state index contributed by atoms with van der Waals surface area (Å²) in [4.78, 5) is 31.6. The van der Waals surface area contributed by atoms with Crippen molar-refractivity contribution in [2.45, 2.75) is 33.1 Å².